The molecular formula is C22H33ClN2OS. The second kappa shape index (κ2) is 7.38. The van der Waals surface area contributed by atoms with Crippen LogP contribution in [0.4, 0.5) is 0 Å². The first-order valence-electron chi connectivity index (χ1n) is 9.55. The van der Waals surface area contributed by atoms with Gasteiger partial charge in [-0.05, 0) is 35.8 Å². The smallest absolute Gasteiger partial charge is 0.123 e. The highest BCUT2D eigenvalue weighted by Crippen LogP contribution is 2.43. The molecule has 150 valence electrons. The van der Waals surface area contributed by atoms with E-state index in [2.05, 4.69) is 59.1 Å². The molecule has 0 saturated heterocycles. The second-order valence-corrected chi connectivity index (χ2v) is 10.7. The minimum atomic E-state index is -0.250. The summed E-state index contributed by atoms with van der Waals surface area (Å²) < 4.78 is 0. The van der Waals surface area contributed by atoms with E-state index < -0.39 is 0 Å². The van der Waals surface area contributed by atoms with E-state index in [1.807, 2.05) is 0 Å². The van der Waals surface area contributed by atoms with Gasteiger partial charge in [0.1, 0.15) is 10.8 Å². The maximum Gasteiger partial charge on any atom is 0.123 e. The maximum absolute atomic E-state index is 10.9. The monoisotopic (exact) mass is 408 g/mol. The average molecular weight is 409 g/mol. The number of phenols is 1. The third-order valence-electron chi connectivity index (χ3n) is 5.45. The predicted molar refractivity (Wildman–Crippen MR) is 118 cm³/mol. The number of aromatic hydroxyl groups is 1. The third-order valence-corrected chi connectivity index (χ3v) is 6.51. The number of nitrogens with two attached hydrogens (primary N) is 1. The van der Waals surface area contributed by atoms with Crippen LogP contribution in [0.3, 0.4) is 0 Å². The number of halogens is 1. The van der Waals surface area contributed by atoms with E-state index in [1.54, 1.807) is 11.3 Å². The summed E-state index contributed by atoms with van der Waals surface area (Å²) in [6, 6.07) is 4.20. The first-order valence-corrected chi connectivity index (χ1v) is 10.4. The number of hydrogen-bond donors (Lipinski definition) is 2. The fraction of sp³-hybridized carbons (Fsp3) is 0.591. The highest BCUT2D eigenvalue weighted by atomic mass is 35.5. The zero-order valence-corrected chi connectivity index (χ0v) is 19.0. The SMILES string of the molecule is CC(C)(C)c1cc(-c2csc(C3(N)CCCC3)n2)cc(C(C)(C)C)c1O.Cl. The van der Waals surface area contributed by atoms with Crippen LogP contribution in [-0.2, 0) is 16.4 Å². The number of nitrogens with zero attached hydrogens (tertiary/aromatic N) is 1. The van der Waals surface area contributed by atoms with Gasteiger partial charge in [-0.3, -0.25) is 0 Å². The Morgan fingerprint density at radius 1 is 1.00 bits per heavy atom. The van der Waals surface area contributed by atoms with Crippen molar-refractivity contribution in [2.45, 2.75) is 83.6 Å². The Kier molecular flexibility index (Phi) is 6.07. The lowest BCUT2D eigenvalue weighted by Crippen LogP contribution is -2.32. The normalized spacial score (nSPS) is 17.0. The third kappa shape index (κ3) is 4.33. The summed E-state index contributed by atoms with van der Waals surface area (Å²) in [5.41, 5.74) is 10.1. The van der Waals surface area contributed by atoms with Gasteiger partial charge in [0.2, 0.25) is 0 Å². The van der Waals surface area contributed by atoms with Crippen LogP contribution in [0.15, 0.2) is 17.5 Å². The topological polar surface area (TPSA) is 59.1 Å². The zero-order valence-electron chi connectivity index (χ0n) is 17.3. The van der Waals surface area contributed by atoms with Crippen LogP contribution >= 0.6 is 23.7 Å². The van der Waals surface area contributed by atoms with Crippen LogP contribution in [0.25, 0.3) is 11.3 Å². The molecule has 0 amide bonds. The van der Waals surface area contributed by atoms with Crippen molar-refractivity contribution in [1.82, 2.24) is 4.98 Å². The minimum Gasteiger partial charge on any atom is -0.507 e. The number of hydrogen-bond acceptors (Lipinski definition) is 4. The van der Waals surface area contributed by atoms with Gasteiger partial charge in [-0.1, -0.05) is 54.4 Å². The standard InChI is InChI=1S/C22H32N2OS.ClH/c1-20(2,3)15-11-14(12-16(18(15)25)21(4,5)6)17-13-26-19(24-17)22(23)9-7-8-10-22;/h11-13,25H,7-10,23H2,1-6H3;1H. The molecule has 0 aliphatic heterocycles. The van der Waals surface area contributed by atoms with Gasteiger partial charge >= 0.3 is 0 Å². The highest BCUT2D eigenvalue weighted by molar-refractivity contribution is 7.10. The van der Waals surface area contributed by atoms with E-state index >= 15 is 0 Å². The summed E-state index contributed by atoms with van der Waals surface area (Å²) >= 11 is 1.67. The molecule has 0 radical (unpaired) electrons. The largest absolute Gasteiger partial charge is 0.507 e. The van der Waals surface area contributed by atoms with Crippen LogP contribution in [0, 0.1) is 0 Å². The van der Waals surface area contributed by atoms with Gasteiger partial charge in [-0.15, -0.1) is 23.7 Å². The Labute approximate surface area is 173 Å². The molecule has 0 spiro atoms. The van der Waals surface area contributed by atoms with Crippen LogP contribution in [0.5, 0.6) is 5.75 Å². The predicted octanol–water partition coefficient (Wildman–Crippen LogP) is 6.26. The van der Waals surface area contributed by atoms with Crippen molar-refractivity contribution in [3.8, 4) is 17.0 Å². The van der Waals surface area contributed by atoms with E-state index in [4.69, 9.17) is 10.7 Å². The van der Waals surface area contributed by atoms with Crippen LogP contribution in [0.2, 0.25) is 0 Å². The summed E-state index contributed by atoms with van der Waals surface area (Å²) in [4.78, 5) is 4.92. The molecule has 27 heavy (non-hydrogen) atoms. The first kappa shape index (κ1) is 22.2. The van der Waals surface area contributed by atoms with Crippen molar-refractivity contribution in [2.75, 3.05) is 0 Å². The Morgan fingerprint density at radius 3 is 1.93 bits per heavy atom. The molecule has 0 bridgehead atoms. The van der Waals surface area contributed by atoms with Crippen LogP contribution in [0.1, 0.15) is 83.4 Å². The number of benzene rings is 1. The van der Waals surface area contributed by atoms with Gasteiger partial charge in [-0.25, -0.2) is 4.98 Å². The summed E-state index contributed by atoms with van der Waals surface area (Å²) in [7, 11) is 0. The molecule has 1 aromatic heterocycles. The van der Waals surface area contributed by atoms with Crippen molar-refractivity contribution in [1.29, 1.82) is 0 Å². The molecule has 3 N–H and O–H groups in total. The summed E-state index contributed by atoms with van der Waals surface area (Å²) in [6.07, 6.45) is 4.42. The van der Waals surface area contributed by atoms with Gasteiger partial charge in [0.05, 0.1) is 11.2 Å². The fourth-order valence-corrected chi connectivity index (χ4v) is 4.78. The van der Waals surface area contributed by atoms with Gasteiger partial charge < -0.3 is 10.8 Å². The first-order chi connectivity index (χ1) is 11.9. The minimum absolute atomic E-state index is 0. The Hall–Kier alpha value is -1.10. The van der Waals surface area contributed by atoms with Crippen molar-refractivity contribution >= 4 is 23.7 Å². The van der Waals surface area contributed by atoms with Gasteiger partial charge in [-0.2, -0.15) is 0 Å². The number of aromatic nitrogens is 1. The highest BCUT2D eigenvalue weighted by Gasteiger charge is 2.34. The Bertz CT molecular complexity index is 773. The molecule has 0 atom stereocenters. The van der Waals surface area contributed by atoms with E-state index in [1.165, 1.54) is 12.8 Å². The number of rotatable bonds is 2. The number of thiazole rings is 1. The Balaban J connectivity index is 0.00000261. The molecule has 1 heterocycles. The molecule has 1 saturated carbocycles. The van der Waals surface area contributed by atoms with E-state index in [9.17, 15) is 5.11 Å². The van der Waals surface area contributed by atoms with E-state index in [0.29, 0.717) is 5.75 Å². The lowest BCUT2D eigenvalue weighted by molar-refractivity contribution is 0.423. The molecule has 3 rings (SSSR count). The quantitative estimate of drug-likeness (QED) is 0.616. The molecule has 1 aliphatic carbocycles. The Morgan fingerprint density at radius 2 is 1.48 bits per heavy atom. The molecule has 3 nitrogen and oxygen atoms in total. The van der Waals surface area contributed by atoms with Gasteiger partial charge in [0.15, 0.2) is 0 Å². The maximum atomic E-state index is 10.9. The zero-order chi connectivity index (χ0) is 19.3. The molecule has 5 heteroatoms. The van der Waals surface area contributed by atoms with E-state index in [0.717, 1.165) is 40.2 Å². The van der Waals surface area contributed by atoms with Crippen molar-refractivity contribution in [3.05, 3.63) is 33.6 Å². The van der Waals surface area contributed by atoms with Crippen molar-refractivity contribution < 1.29 is 5.11 Å². The van der Waals surface area contributed by atoms with Crippen LogP contribution in [-0.4, -0.2) is 10.1 Å². The summed E-state index contributed by atoms with van der Waals surface area (Å²) in [6.45, 7) is 12.8. The second-order valence-electron chi connectivity index (χ2n) is 9.82. The molecule has 1 aromatic carbocycles. The summed E-state index contributed by atoms with van der Waals surface area (Å²) in [5.74, 6) is 0.412. The van der Waals surface area contributed by atoms with Gasteiger partial charge in [0.25, 0.3) is 0 Å². The molecule has 2 aromatic rings. The fourth-order valence-electron chi connectivity index (χ4n) is 3.78. The molecule has 1 fully saturated rings. The number of phenolic OH excluding ortho intramolecular Hbond substituents is 1. The average Bonchev–Trinajstić information content (AvgIpc) is 3.15. The lowest BCUT2D eigenvalue weighted by atomic mass is 9.78. The molecule has 0 unspecified atom stereocenters. The lowest BCUT2D eigenvalue weighted by Gasteiger charge is -2.28. The molecular weight excluding hydrogens is 376 g/mol. The van der Waals surface area contributed by atoms with Crippen molar-refractivity contribution in [3.63, 3.8) is 0 Å². The van der Waals surface area contributed by atoms with Crippen molar-refractivity contribution in [2.24, 2.45) is 5.73 Å². The van der Waals surface area contributed by atoms with Crippen LogP contribution < -0.4 is 5.73 Å². The molecule has 1 aliphatic rings. The summed E-state index contributed by atoms with van der Waals surface area (Å²) in [5, 5.41) is 14.1. The van der Waals surface area contributed by atoms with E-state index in [-0.39, 0.29) is 28.8 Å². The van der Waals surface area contributed by atoms with Gasteiger partial charge in [0, 0.05) is 22.1 Å².